The van der Waals surface area contributed by atoms with Crippen LogP contribution in [0.25, 0.3) is 0 Å². The van der Waals surface area contributed by atoms with Crippen LogP contribution in [0.3, 0.4) is 0 Å². The topological polar surface area (TPSA) is 41.5 Å². The van der Waals surface area contributed by atoms with E-state index in [1.807, 2.05) is 0 Å². The van der Waals surface area contributed by atoms with Gasteiger partial charge in [-0.3, -0.25) is 4.79 Å². The summed E-state index contributed by atoms with van der Waals surface area (Å²) < 4.78 is 0. The molecule has 0 aliphatic carbocycles. The minimum absolute atomic E-state index is 0.0150. The van der Waals surface area contributed by atoms with E-state index in [4.69, 9.17) is 0 Å². The van der Waals surface area contributed by atoms with Crippen LogP contribution in [0.4, 0.5) is 0 Å². The van der Waals surface area contributed by atoms with Crippen molar-refractivity contribution < 1.29 is 4.79 Å². The fourth-order valence-corrected chi connectivity index (χ4v) is 0.383. The maximum absolute atomic E-state index is 10.2. The molecule has 0 aromatic heterocycles. The minimum atomic E-state index is -0.0150. The average molecular weight is 97.1 g/mol. The van der Waals surface area contributed by atoms with Gasteiger partial charge in [0.05, 0.1) is 6.21 Å². The van der Waals surface area contributed by atoms with Crippen molar-refractivity contribution in [2.75, 3.05) is 0 Å². The van der Waals surface area contributed by atoms with Crippen molar-refractivity contribution in [3.8, 4) is 0 Å². The van der Waals surface area contributed by atoms with Crippen molar-refractivity contribution in [2.45, 2.75) is 12.8 Å². The summed E-state index contributed by atoms with van der Waals surface area (Å²) in [5, 5.41) is 3.41. The molecule has 0 atom stereocenters. The molecule has 1 aliphatic heterocycles. The zero-order valence-electron chi connectivity index (χ0n) is 3.77. The fraction of sp³-hybridized carbons (Fsp3) is 0.500. The van der Waals surface area contributed by atoms with E-state index in [9.17, 15) is 4.79 Å². The lowest BCUT2D eigenvalue weighted by atomic mass is 10.3. The third-order valence-electron chi connectivity index (χ3n) is 0.724. The number of nitrogens with zero attached hydrogens (tertiary/aromatic N) is 1. The third kappa shape index (κ3) is 0.994. The fourth-order valence-electron chi connectivity index (χ4n) is 0.383. The largest absolute Gasteiger partial charge is 0.273 e. The van der Waals surface area contributed by atoms with Crippen molar-refractivity contribution in [3.63, 3.8) is 0 Å². The number of hydrazone groups is 1. The van der Waals surface area contributed by atoms with E-state index in [0.29, 0.717) is 12.8 Å². The second kappa shape index (κ2) is 1.73. The van der Waals surface area contributed by atoms with Crippen LogP contribution in [0.15, 0.2) is 5.10 Å². The van der Waals surface area contributed by atoms with E-state index in [1.165, 1.54) is 0 Å². The number of amides is 1. The number of nitrogens with one attached hydrogen (secondary N) is 1. The van der Waals surface area contributed by atoms with Gasteiger partial charge >= 0.3 is 0 Å². The van der Waals surface area contributed by atoms with Crippen molar-refractivity contribution in [1.29, 1.82) is 0 Å². The number of hydrogen-bond acceptors (Lipinski definition) is 2. The number of carbonyl (C=O) groups is 1. The second-order valence-corrected chi connectivity index (χ2v) is 1.30. The van der Waals surface area contributed by atoms with Gasteiger partial charge in [0.15, 0.2) is 0 Å². The Morgan fingerprint density at radius 3 is 3.00 bits per heavy atom. The van der Waals surface area contributed by atoms with Crippen molar-refractivity contribution in [3.05, 3.63) is 0 Å². The lowest BCUT2D eigenvalue weighted by molar-refractivity contribution is -0.121. The first-order chi connectivity index (χ1) is 3.39. The van der Waals surface area contributed by atoms with Gasteiger partial charge in [-0.2, -0.15) is 5.10 Å². The van der Waals surface area contributed by atoms with Crippen LogP contribution < -0.4 is 5.43 Å². The summed E-state index contributed by atoms with van der Waals surface area (Å²) in [4.78, 5) is 10.2. The van der Waals surface area contributed by atoms with Crippen LogP contribution in [0.2, 0.25) is 0 Å². The first-order valence-electron chi connectivity index (χ1n) is 2.11. The quantitative estimate of drug-likeness (QED) is 0.445. The highest BCUT2D eigenvalue weighted by molar-refractivity contribution is 5.81. The summed E-state index contributed by atoms with van der Waals surface area (Å²) in [7, 11) is 0. The molecule has 3 nitrogen and oxygen atoms in total. The standard InChI is InChI=1S/C4H5N2O/c7-4-2-1-3-5-6-4/h1-2H2,(H,6,7). The molecule has 3 heteroatoms. The Kier molecular flexibility index (Phi) is 1.06. The number of rotatable bonds is 0. The Labute approximate surface area is 41.4 Å². The molecule has 1 aliphatic rings. The minimum Gasteiger partial charge on any atom is -0.273 e. The predicted molar refractivity (Wildman–Crippen MR) is 24.8 cm³/mol. The Morgan fingerprint density at radius 2 is 2.71 bits per heavy atom. The zero-order valence-corrected chi connectivity index (χ0v) is 3.77. The molecular formula is C4H5N2O. The lowest BCUT2D eigenvalue weighted by Crippen LogP contribution is -2.20. The highest BCUT2D eigenvalue weighted by atomic mass is 16.2. The summed E-state index contributed by atoms with van der Waals surface area (Å²) >= 11 is 0. The van der Waals surface area contributed by atoms with E-state index >= 15 is 0 Å². The first kappa shape index (κ1) is 4.30. The average Bonchev–Trinajstić information content (AvgIpc) is 1.69. The predicted octanol–water partition coefficient (Wildman–Crippen LogP) is -0.241. The zero-order chi connectivity index (χ0) is 5.11. The van der Waals surface area contributed by atoms with Crippen LogP contribution >= 0.6 is 0 Å². The summed E-state index contributed by atoms with van der Waals surface area (Å²) in [6.07, 6.45) is 3.80. The molecule has 0 bridgehead atoms. The molecule has 0 aromatic carbocycles. The molecule has 0 saturated heterocycles. The highest BCUT2D eigenvalue weighted by Crippen LogP contribution is 1.88. The normalized spacial score (nSPS) is 19.1. The molecule has 0 unspecified atom stereocenters. The number of hydrogen-bond donors (Lipinski definition) is 1. The van der Waals surface area contributed by atoms with Crippen LogP contribution in [0, 0.1) is 0 Å². The van der Waals surface area contributed by atoms with E-state index in [1.54, 1.807) is 0 Å². The van der Waals surface area contributed by atoms with Gasteiger partial charge in [0, 0.05) is 12.8 Å². The molecule has 0 saturated carbocycles. The molecule has 1 amide bonds. The van der Waals surface area contributed by atoms with Gasteiger partial charge in [0.25, 0.3) is 0 Å². The number of carbonyl (C=O) groups excluding carboxylic acids is 1. The van der Waals surface area contributed by atoms with Gasteiger partial charge in [-0.1, -0.05) is 0 Å². The summed E-state index contributed by atoms with van der Waals surface area (Å²) in [5.74, 6) is -0.0150. The van der Waals surface area contributed by atoms with Crippen LogP contribution in [0.1, 0.15) is 12.8 Å². The summed E-state index contributed by atoms with van der Waals surface area (Å²) in [6.45, 7) is 0. The molecule has 1 radical (unpaired) electrons. The summed E-state index contributed by atoms with van der Waals surface area (Å²) in [6, 6.07) is 0. The van der Waals surface area contributed by atoms with Gasteiger partial charge < -0.3 is 0 Å². The van der Waals surface area contributed by atoms with Crippen molar-refractivity contribution >= 4 is 12.1 Å². The monoisotopic (exact) mass is 97.0 g/mol. The highest BCUT2D eigenvalue weighted by Gasteiger charge is 2.00. The van der Waals surface area contributed by atoms with Gasteiger partial charge in [0.1, 0.15) is 0 Å². The third-order valence-corrected chi connectivity index (χ3v) is 0.724. The Hall–Kier alpha value is -0.860. The van der Waals surface area contributed by atoms with Crippen LogP contribution in [-0.4, -0.2) is 12.1 Å². The van der Waals surface area contributed by atoms with Gasteiger partial charge in [-0.05, 0) is 0 Å². The van der Waals surface area contributed by atoms with E-state index in [0.717, 1.165) is 0 Å². The molecule has 1 heterocycles. The van der Waals surface area contributed by atoms with Crippen molar-refractivity contribution in [1.82, 2.24) is 5.43 Å². The molecular weight excluding hydrogens is 92.1 g/mol. The Bertz CT molecular complexity index is 108. The van der Waals surface area contributed by atoms with Crippen molar-refractivity contribution in [2.24, 2.45) is 5.10 Å². The Morgan fingerprint density at radius 1 is 1.86 bits per heavy atom. The molecule has 1 N–H and O–H groups in total. The second-order valence-electron chi connectivity index (χ2n) is 1.30. The molecule has 0 spiro atoms. The smallest absolute Gasteiger partial charge is 0.240 e. The van der Waals surface area contributed by atoms with Gasteiger partial charge in [0.2, 0.25) is 5.91 Å². The van der Waals surface area contributed by atoms with E-state index < -0.39 is 0 Å². The van der Waals surface area contributed by atoms with Gasteiger partial charge in [-0.15, -0.1) is 0 Å². The van der Waals surface area contributed by atoms with Gasteiger partial charge in [-0.25, -0.2) is 5.43 Å². The molecule has 7 heavy (non-hydrogen) atoms. The maximum atomic E-state index is 10.2. The summed E-state index contributed by atoms with van der Waals surface area (Å²) in [5.41, 5.74) is 2.26. The van der Waals surface area contributed by atoms with Crippen LogP contribution in [-0.2, 0) is 4.79 Å². The lowest BCUT2D eigenvalue weighted by Gasteiger charge is -1.99. The molecule has 1 rings (SSSR count). The molecule has 0 aromatic rings. The van der Waals surface area contributed by atoms with E-state index in [2.05, 4.69) is 16.7 Å². The Balaban J connectivity index is 2.47. The van der Waals surface area contributed by atoms with Crippen LogP contribution in [0.5, 0.6) is 0 Å². The first-order valence-corrected chi connectivity index (χ1v) is 2.11. The maximum Gasteiger partial charge on any atom is 0.240 e. The molecule has 37 valence electrons. The molecule has 0 fully saturated rings. The van der Waals surface area contributed by atoms with E-state index in [-0.39, 0.29) is 5.91 Å². The SMILES string of the molecule is O=C1CC[C]=NN1.